The van der Waals surface area contributed by atoms with E-state index in [-0.39, 0.29) is 11.8 Å². The largest absolute Gasteiger partial charge is 0.480 e. The second-order valence-corrected chi connectivity index (χ2v) is 6.85. The predicted molar refractivity (Wildman–Crippen MR) is 115 cm³/mol. The van der Waals surface area contributed by atoms with Crippen LogP contribution in [0.25, 0.3) is 0 Å². The first-order valence-electron chi connectivity index (χ1n) is 9.87. The molecule has 0 radical (unpaired) electrons. The summed E-state index contributed by atoms with van der Waals surface area (Å²) in [5.41, 5.74) is 2.99. The molecule has 0 aromatic heterocycles. The van der Waals surface area contributed by atoms with Gasteiger partial charge in [0.05, 0.1) is 11.3 Å². The van der Waals surface area contributed by atoms with Crippen molar-refractivity contribution in [2.24, 2.45) is 0 Å². The fraction of sp³-hybridized carbons (Fsp3) is 0.391. The van der Waals surface area contributed by atoms with Gasteiger partial charge < -0.3 is 20.1 Å². The third kappa shape index (κ3) is 6.32. The maximum Gasteiger partial charge on any atom is 0.265 e. The Hall–Kier alpha value is -2.86. The third-order valence-corrected chi connectivity index (χ3v) is 4.73. The van der Waals surface area contributed by atoms with Gasteiger partial charge in [-0.05, 0) is 56.0 Å². The lowest BCUT2D eigenvalue weighted by Crippen LogP contribution is -2.34. The van der Waals surface area contributed by atoms with E-state index in [1.807, 2.05) is 39.0 Å². The van der Waals surface area contributed by atoms with Crippen molar-refractivity contribution in [1.82, 2.24) is 5.32 Å². The Bertz CT molecular complexity index is 835. The molecule has 0 aliphatic rings. The van der Waals surface area contributed by atoms with E-state index in [2.05, 4.69) is 10.6 Å². The van der Waals surface area contributed by atoms with Crippen LogP contribution in [0.1, 0.15) is 41.3 Å². The van der Waals surface area contributed by atoms with Crippen LogP contribution in [0, 0.1) is 13.8 Å². The average Bonchev–Trinajstić information content (AvgIpc) is 2.72. The number of ether oxygens (including phenoxy) is 2. The Morgan fingerprint density at radius 1 is 1.07 bits per heavy atom. The van der Waals surface area contributed by atoms with Crippen LogP contribution in [0.5, 0.6) is 5.75 Å². The Kier molecular flexibility index (Phi) is 8.68. The van der Waals surface area contributed by atoms with Gasteiger partial charge in [0.25, 0.3) is 11.8 Å². The number of amides is 2. The molecule has 2 amide bonds. The minimum Gasteiger partial charge on any atom is -0.480 e. The first-order valence-corrected chi connectivity index (χ1v) is 9.87. The molecule has 6 nitrogen and oxygen atoms in total. The van der Waals surface area contributed by atoms with E-state index in [0.717, 1.165) is 17.5 Å². The second-order valence-electron chi connectivity index (χ2n) is 6.85. The van der Waals surface area contributed by atoms with E-state index >= 15 is 0 Å². The summed E-state index contributed by atoms with van der Waals surface area (Å²) < 4.78 is 11.0. The summed E-state index contributed by atoms with van der Waals surface area (Å²) in [5.74, 6) is 0.171. The molecular formula is C23H30N2O4. The van der Waals surface area contributed by atoms with Crippen molar-refractivity contribution in [2.45, 2.75) is 39.7 Å². The van der Waals surface area contributed by atoms with Gasteiger partial charge >= 0.3 is 0 Å². The van der Waals surface area contributed by atoms with E-state index in [4.69, 9.17) is 9.47 Å². The number of hydrogen-bond donors (Lipinski definition) is 2. The third-order valence-electron chi connectivity index (χ3n) is 4.73. The van der Waals surface area contributed by atoms with Crippen LogP contribution in [0.2, 0.25) is 0 Å². The highest BCUT2D eigenvalue weighted by atomic mass is 16.5. The Balaban J connectivity index is 2.08. The summed E-state index contributed by atoms with van der Waals surface area (Å²) in [4.78, 5) is 25.3. The molecule has 2 N–H and O–H groups in total. The fourth-order valence-corrected chi connectivity index (χ4v) is 2.84. The minimum absolute atomic E-state index is 0.236. The van der Waals surface area contributed by atoms with E-state index < -0.39 is 6.10 Å². The highest BCUT2D eigenvalue weighted by molar-refractivity contribution is 6.04. The number of aryl methyl sites for hydroxylation is 1. The summed E-state index contributed by atoms with van der Waals surface area (Å²) in [7, 11) is 1.62. The Labute approximate surface area is 172 Å². The van der Waals surface area contributed by atoms with Crippen LogP contribution in [0.15, 0.2) is 42.5 Å². The molecule has 1 unspecified atom stereocenters. The van der Waals surface area contributed by atoms with E-state index in [1.54, 1.807) is 31.4 Å². The van der Waals surface area contributed by atoms with Gasteiger partial charge in [0.15, 0.2) is 6.10 Å². The Morgan fingerprint density at radius 3 is 2.55 bits per heavy atom. The molecule has 0 bridgehead atoms. The monoisotopic (exact) mass is 398 g/mol. The molecular weight excluding hydrogens is 368 g/mol. The van der Waals surface area contributed by atoms with E-state index in [0.29, 0.717) is 36.6 Å². The standard InChI is InChI=1S/C23H30N2O4/c1-5-20(29-21-13-8-10-16(2)17(21)3)23(27)25-19-12-7-6-11-18(19)22(26)24-14-9-15-28-4/h6-8,10-13,20H,5,9,14-15H2,1-4H3,(H,24,26)(H,25,27). The van der Waals surface area contributed by atoms with E-state index in [9.17, 15) is 9.59 Å². The zero-order valence-corrected chi connectivity index (χ0v) is 17.6. The fourth-order valence-electron chi connectivity index (χ4n) is 2.84. The van der Waals surface area contributed by atoms with Gasteiger partial charge in [-0.2, -0.15) is 0 Å². The molecule has 0 saturated carbocycles. The van der Waals surface area contributed by atoms with Crippen molar-refractivity contribution in [3.8, 4) is 5.75 Å². The lowest BCUT2D eigenvalue weighted by molar-refractivity contribution is -0.122. The van der Waals surface area contributed by atoms with Crippen molar-refractivity contribution >= 4 is 17.5 Å². The molecule has 0 fully saturated rings. The van der Waals surface area contributed by atoms with Crippen molar-refractivity contribution in [1.29, 1.82) is 0 Å². The van der Waals surface area contributed by atoms with Crippen molar-refractivity contribution in [3.63, 3.8) is 0 Å². The van der Waals surface area contributed by atoms with Gasteiger partial charge in [0.1, 0.15) is 5.75 Å². The maximum atomic E-state index is 12.8. The molecule has 2 rings (SSSR count). The van der Waals surface area contributed by atoms with Crippen molar-refractivity contribution in [3.05, 3.63) is 59.2 Å². The number of para-hydroxylation sites is 1. The van der Waals surface area contributed by atoms with Gasteiger partial charge in [-0.1, -0.05) is 31.2 Å². The lowest BCUT2D eigenvalue weighted by Gasteiger charge is -2.20. The molecule has 156 valence electrons. The van der Waals surface area contributed by atoms with Crippen LogP contribution in [0.4, 0.5) is 5.69 Å². The number of carbonyl (C=O) groups excluding carboxylic acids is 2. The molecule has 1 atom stereocenters. The summed E-state index contributed by atoms with van der Waals surface area (Å²) in [6.07, 6.45) is 0.566. The average molecular weight is 399 g/mol. The zero-order chi connectivity index (χ0) is 21.2. The number of anilines is 1. The number of nitrogens with one attached hydrogen (secondary N) is 2. The molecule has 0 heterocycles. The normalized spacial score (nSPS) is 11.6. The van der Waals surface area contributed by atoms with Crippen LogP contribution >= 0.6 is 0 Å². The van der Waals surface area contributed by atoms with Crippen LogP contribution in [0.3, 0.4) is 0 Å². The number of benzene rings is 2. The summed E-state index contributed by atoms with van der Waals surface area (Å²) in [6, 6.07) is 12.7. The minimum atomic E-state index is -0.659. The van der Waals surface area contributed by atoms with Crippen LogP contribution in [-0.2, 0) is 9.53 Å². The van der Waals surface area contributed by atoms with Crippen LogP contribution < -0.4 is 15.4 Å². The highest BCUT2D eigenvalue weighted by Gasteiger charge is 2.21. The SMILES string of the molecule is CCC(Oc1cccc(C)c1C)C(=O)Nc1ccccc1C(=O)NCCCOC. The van der Waals surface area contributed by atoms with Gasteiger partial charge in [-0.3, -0.25) is 9.59 Å². The number of rotatable bonds is 10. The molecule has 0 spiro atoms. The quantitative estimate of drug-likeness (QED) is 0.596. The molecule has 0 saturated heterocycles. The first-order chi connectivity index (χ1) is 14.0. The number of methoxy groups -OCH3 is 1. The summed E-state index contributed by atoms with van der Waals surface area (Å²) >= 11 is 0. The van der Waals surface area contributed by atoms with Crippen molar-refractivity contribution < 1.29 is 19.1 Å². The number of carbonyl (C=O) groups is 2. The Morgan fingerprint density at radius 2 is 1.83 bits per heavy atom. The molecule has 2 aromatic rings. The smallest absolute Gasteiger partial charge is 0.265 e. The molecule has 0 aliphatic heterocycles. The topological polar surface area (TPSA) is 76.7 Å². The molecule has 29 heavy (non-hydrogen) atoms. The van der Waals surface area contributed by atoms with Crippen LogP contribution in [-0.4, -0.2) is 38.2 Å². The van der Waals surface area contributed by atoms with Gasteiger partial charge in [0.2, 0.25) is 0 Å². The summed E-state index contributed by atoms with van der Waals surface area (Å²) in [6.45, 7) is 6.95. The first kappa shape index (κ1) is 22.4. The van der Waals surface area contributed by atoms with E-state index in [1.165, 1.54) is 0 Å². The van der Waals surface area contributed by atoms with Gasteiger partial charge in [0, 0.05) is 20.3 Å². The second kappa shape index (κ2) is 11.2. The predicted octanol–water partition coefficient (Wildman–Crippen LogP) is 3.87. The molecule has 2 aromatic carbocycles. The molecule has 0 aliphatic carbocycles. The number of hydrogen-bond acceptors (Lipinski definition) is 4. The highest BCUT2D eigenvalue weighted by Crippen LogP contribution is 2.23. The zero-order valence-electron chi connectivity index (χ0n) is 17.6. The lowest BCUT2D eigenvalue weighted by atomic mass is 10.1. The molecule has 6 heteroatoms. The van der Waals surface area contributed by atoms with Crippen molar-refractivity contribution in [2.75, 3.05) is 25.6 Å². The van der Waals surface area contributed by atoms with Gasteiger partial charge in [-0.25, -0.2) is 0 Å². The van der Waals surface area contributed by atoms with Gasteiger partial charge in [-0.15, -0.1) is 0 Å². The maximum absolute atomic E-state index is 12.8. The summed E-state index contributed by atoms with van der Waals surface area (Å²) in [5, 5.41) is 5.69.